The first kappa shape index (κ1) is 8.95. The van der Waals surface area contributed by atoms with Gasteiger partial charge >= 0.3 is 0 Å². The molecule has 0 aromatic rings. The van der Waals surface area contributed by atoms with Crippen LogP contribution in [0.15, 0.2) is 0 Å². The Bertz CT molecular complexity index is 11.6. The van der Waals surface area contributed by atoms with E-state index in [0.717, 1.165) is 0 Å². The normalized spacial score (nSPS) is 7.20. The van der Waals surface area contributed by atoms with Crippen molar-refractivity contribution in [3.05, 3.63) is 0 Å². The van der Waals surface area contributed by atoms with Crippen LogP contribution in [-0.2, 0) is 0 Å². The number of hydrogen-bond acceptors (Lipinski definition) is 1. The molecule has 0 spiro atoms. The summed E-state index contributed by atoms with van der Waals surface area (Å²) < 4.78 is 0. The molecule has 0 heterocycles. The second kappa shape index (κ2) is 4.18. The van der Waals surface area contributed by atoms with Crippen LogP contribution in [0.4, 0.5) is 0 Å². The predicted octanol–water partition coefficient (Wildman–Crippen LogP) is -1.10. The lowest BCUT2D eigenvalue weighted by atomic mass is 10.5. The fraction of sp³-hybridized carbons (Fsp3) is 1.00. The highest BCUT2D eigenvalue weighted by Crippen LogP contribution is 1.58. The topological polar surface area (TPSA) is 26.0 Å². The van der Waals surface area contributed by atoms with E-state index in [1.54, 1.807) is 0 Å². The van der Waals surface area contributed by atoms with Crippen molar-refractivity contribution in [3.8, 4) is 0 Å². The van der Waals surface area contributed by atoms with E-state index in [1.807, 2.05) is 13.8 Å². The summed E-state index contributed by atoms with van der Waals surface area (Å²) >= 11 is 0. The quantitative estimate of drug-likeness (QED) is 0.376. The maximum absolute atomic E-state index is 5.11. The van der Waals surface area contributed by atoms with Gasteiger partial charge in [-0.1, -0.05) is 13.8 Å². The summed E-state index contributed by atoms with van der Waals surface area (Å²) in [5.74, 6) is 0. The van der Waals surface area contributed by atoms with Gasteiger partial charge in [-0.25, -0.2) is 0 Å². The van der Waals surface area contributed by atoms with Gasteiger partial charge in [0.05, 0.1) is 0 Å². The molecule has 0 aromatic heterocycles. The van der Waals surface area contributed by atoms with E-state index < -0.39 is 0 Å². The molecule has 0 aliphatic rings. The molecule has 0 aliphatic heterocycles. The van der Waals surface area contributed by atoms with Crippen LogP contribution in [0.3, 0.4) is 0 Å². The zero-order chi connectivity index (χ0) is 3.58. The molecular formula is C3H13NSi. The molecule has 0 fully saturated rings. The smallest absolute Gasteiger partial charge is 0.00179 e. The first-order chi connectivity index (χ1) is 1.73. The molecule has 0 unspecified atom stereocenters. The van der Waals surface area contributed by atoms with Crippen molar-refractivity contribution in [1.82, 2.24) is 0 Å². The lowest BCUT2D eigenvalue weighted by molar-refractivity contribution is 0.834. The van der Waals surface area contributed by atoms with E-state index in [0.29, 0.717) is 6.04 Å². The molecule has 0 atom stereocenters. The Kier molecular flexibility index (Phi) is 7.48. The summed E-state index contributed by atoms with van der Waals surface area (Å²) in [7, 11) is 0. The molecule has 0 radical (unpaired) electrons. The minimum Gasteiger partial charge on any atom is -0.328 e. The van der Waals surface area contributed by atoms with Gasteiger partial charge in [0.15, 0.2) is 0 Å². The molecule has 1 nitrogen and oxygen atoms in total. The maximum atomic E-state index is 5.11. The van der Waals surface area contributed by atoms with Gasteiger partial charge in [0.2, 0.25) is 0 Å². The molecule has 0 saturated heterocycles. The van der Waals surface area contributed by atoms with E-state index in [-0.39, 0.29) is 11.0 Å². The zero-order valence-corrected chi connectivity index (χ0v) is 3.15. The van der Waals surface area contributed by atoms with E-state index in [9.17, 15) is 0 Å². The number of hydrogen-bond donors (Lipinski definition) is 1. The van der Waals surface area contributed by atoms with Crippen LogP contribution in [-0.4, -0.2) is 17.0 Å². The molecule has 0 saturated carbocycles. The van der Waals surface area contributed by atoms with Gasteiger partial charge in [0.1, 0.15) is 0 Å². The lowest BCUT2D eigenvalue weighted by Crippen LogP contribution is -2.06. The SMILES string of the molecule is CC(C)N.[SiH4]. The van der Waals surface area contributed by atoms with E-state index >= 15 is 0 Å². The predicted molar refractivity (Wildman–Crippen MR) is 30.7 cm³/mol. The van der Waals surface area contributed by atoms with Crippen molar-refractivity contribution in [2.45, 2.75) is 19.9 Å². The second-order valence-electron chi connectivity index (χ2n) is 1.24. The summed E-state index contributed by atoms with van der Waals surface area (Å²) in [4.78, 5) is 0. The highest BCUT2D eigenvalue weighted by atomic mass is 28.1. The Morgan fingerprint density at radius 3 is 1.40 bits per heavy atom. The van der Waals surface area contributed by atoms with Crippen LogP contribution in [0, 0.1) is 0 Å². The van der Waals surface area contributed by atoms with Gasteiger partial charge < -0.3 is 5.73 Å². The van der Waals surface area contributed by atoms with Crippen molar-refractivity contribution in [3.63, 3.8) is 0 Å². The van der Waals surface area contributed by atoms with Gasteiger partial charge in [0, 0.05) is 0 Å². The Hall–Kier alpha value is 0.177. The highest BCUT2D eigenvalue weighted by Gasteiger charge is 1.67. The van der Waals surface area contributed by atoms with Crippen molar-refractivity contribution < 1.29 is 0 Å². The van der Waals surface area contributed by atoms with Crippen molar-refractivity contribution >= 4 is 11.0 Å². The first-order valence-corrected chi connectivity index (χ1v) is 1.49. The van der Waals surface area contributed by atoms with Crippen LogP contribution < -0.4 is 5.73 Å². The maximum Gasteiger partial charge on any atom is -0.00179 e. The lowest BCUT2D eigenvalue weighted by Gasteiger charge is -1.81. The molecule has 0 bridgehead atoms. The third kappa shape index (κ3) is 633. The monoisotopic (exact) mass is 91.1 g/mol. The molecule has 5 heavy (non-hydrogen) atoms. The van der Waals surface area contributed by atoms with Crippen molar-refractivity contribution in [2.75, 3.05) is 0 Å². The number of nitrogens with two attached hydrogens (primary N) is 1. The van der Waals surface area contributed by atoms with Crippen molar-refractivity contribution in [1.29, 1.82) is 0 Å². The molecule has 0 amide bonds. The summed E-state index contributed by atoms with van der Waals surface area (Å²) in [5.41, 5.74) is 5.11. The van der Waals surface area contributed by atoms with Gasteiger partial charge in [-0.15, -0.1) is 0 Å². The molecule has 0 rings (SSSR count). The molecule has 2 heteroatoms. The standard InChI is InChI=1S/C3H9N.H4Si/c1-3(2)4;/h3H,4H2,1-2H3;1H4. The van der Waals surface area contributed by atoms with Crippen LogP contribution in [0.2, 0.25) is 0 Å². The third-order valence-corrected chi connectivity index (χ3v) is 0. The summed E-state index contributed by atoms with van der Waals surface area (Å²) in [6, 6.07) is 0.333. The van der Waals surface area contributed by atoms with Gasteiger partial charge in [0.25, 0.3) is 0 Å². The van der Waals surface area contributed by atoms with Crippen LogP contribution in [0.1, 0.15) is 13.8 Å². The third-order valence-electron chi connectivity index (χ3n) is 0. The van der Waals surface area contributed by atoms with E-state index in [1.165, 1.54) is 0 Å². The first-order valence-electron chi connectivity index (χ1n) is 1.49. The molecular weight excluding hydrogens is 78.1 g/mol. The summed E-state index contributed by atoms with van der Waals surface area (Å²) in [6.45, 7) is 3.89. The molecule has 2 N–H and O–H groups in total. The van der Waals surface area contributed by atoms with Crippen LogP contribution in [0.5, 0.6) is 0 Å². The fourth-order valence-electron chi connectivity index (χ4n) is 0. The largest absolute Gasteiger partial charge is 0.328 e. The van der Waals surface area contributed by atoms with Crippen LogP contribution >= 0.6 is 0 Å². The average Bonchev–Trinajstić information content (AvgIpc) is 0.811. The van der Waals surface area contributed by atoms with Crippen molar-refractivity contribution in [2.24, 2.45) is 5.73 Å². The minimum atomic E-state index is 0. The highest BCUT2D eigenvalue weighted by molar-refractivity contribution is 5.75. The Morgan fingerprint density at radius 1 is 1.40 bits per heavy atom. The average molecular weight is 91.2 g/mol. The van der Waals surface area contributed by atoms with Gasteiger partial charge in [-0.05, 0) is 17.0 Å². The zero-order valence-electron chi connectivity index (χ0n) is 3.15. The minimum absolute atomic E-state index is 0. The Morgan fingerprint density at radius 2 is 1.40 bits per heavy atom. The molecule has 0 aliphatic carbocycles. The van der Waals surface area contributed by atoms with E-state index in [2.05, 4.69) is 0 Å². The number of rotatable bonds is 0. The Balaban J connectivity index is 0. The van der Waals surface area contributed by atoms with Crippen LogP contribution in [0.25, 0.3) is 0 Å². The van der Waals surface area contributed by atoms with Gasteiger partial charge in [-0.2, -0.15) is 0 Å². The van der Waals surface area contributed by atoms with E-state index in [4.69, 9.17) is 5.73 Å². The summed E-state index contributed by atoms with van der Waals surface area (Å²) in [5, 5.41) is 0. The second-order valence-corrected chi connectivity index (χ2v) is 1.24. The fourth-order valence-corrected chi connectivity index (χ4v) is 0. The summed E-state index contributed by atoms with van der Waals surface area (Å²) in [6.07, 6.45) is 0. The van der Waals surface area contributed by atoms with Gasteiger partial charge in [-0.3, -0.25) is 0 Å². The molecule has 34 valence electrons. The Labute approximate surface area is 37.6 Å². The molecule has 0 aromatic carbocycles.